The maximum absolute atomic E-state index is 13.9. The molecule has 1 fully saturated rings. The van der Waals surface area contributed by atoms with Gasteiger partial charge >= 0.3 is 0 Å². The Morgan fingerprint density at radius 3 is 2.50 bits per heavy atom. The molecule has 2 N–H and O–H groups in total. The number of nitrogens with zero attached hydrogens (tertiary/aromatic N) is 2. The van der Waals surface area contributed by atoms with E-state index in [0.717, 1.165) is 37.3 Å². The number of piperazine rings is 1. The quantitative estimate of drug-likeness (QED) is 0.885. The van der Waals surface area contributed by atoms with E-state index in [9.17, 15) is 4.39 Å². The first kappa shape index (κ1) is 13.5. The normalized spacial score (nSPS) is 20.0. The van der Waals surface area contributed by atoms with Crippen molar-refractivity contribution in [3.8, 4) is 0 Å². The van der Waals surface area contributed by atoms with Gasteiger partial charge in [0.2, 0.25) is 0 Å². The van der Waals surface area contributed by atoms with Gasteiger partial charge < -0.3 is 10.6 Å². The number of benzene rings is 1. The van der Waals surface area contributed by atoms with Gasteiger partial charge in [0, 0.05) is 44.3 Å². The van der Waals surface area contributed by atoms with Crippen molar-refractivity contribution >= 4 is 0 Å². The fourth-order valence-electron chi connectivity index (χ4n) is 2.22. The Labute approximate surface area is 108 Å². The van der Waals surface area contributed by atoms with Crippen LogP contribution in [0.2, 0.25) is 0 Å². The fraction of sp³-hybridized carbons (Fsp3) is 0.571. The van der Waals surface area contributed by atoms with E-state index in [2.05, 4.69) is 16.8 Å². The minimum Gasteiger partial charge on any atom is -0.324 e. The van der Waals surface area contributed by atoms with Crippen LogP contribution in [0.15, 0.2) is 18.2 Å². The first-order valence-corrected chi connectivity index (χ1v) is 6.51. The minimum absolute atomic E-state index is 0.114. The summed E-state index contributed by atoms with van der Waals surface area (Å²) >= 11 is 0. The first-order valence-electron chi connectivity index (χ1n) is 6.51. The van der Waals surface area contributed by atoms with Gasteiger partial charge in [0.15, 0.2) is 0 Å². The third-order valence-electron chi connectivity index (χ3n) is 3.59. The van der Waals surface area contributed by atoms with Gasteiger partial charge in [-0.3, -0.25) is 4.90 Å². The summed E-state index contributed by atoms with van der Waals surface area (Å²) in [6, 6.07) is 5.25. The Hall–Kier alpha value is -0.970. The van der Waals surface area contributed by atoms with E-state index in [1.54, 1.807) is 6.07 Å². The topological polar surface area (TPSA) is 32.5 Å². The first-order chi connectivity index (χ1) is 8.56. The summed E-state index contributed by atoms with van der Waals surface area (Å²) in [5.41, 5.74) is 7.37. The third kappa shape index (κ3) is 3.28. The van der Waals surface area contributed by atoms with E-state index in [0.29, 0.717) is 6.54 Å². The lowest BCUT2D eigenvalue weighted by atomic mass is 10.1. The number of rotatable bonds is 3. The van der Waals surface area contributed by atoms with Crippen molar-refractivity contribution in [3.63, 3.8) is 0 Å². The minimum atomic E-state index is -0.135. The lowest BCUT2D eigenvalue weighted by Crippen LogP contribution is -2.44. The van der Waals surface area contributed by atoms with Crippen molar-refractivity contribution < 1.29 is 4.39 Å². The van der Waals surface area contributed by atoms with Crippen molar-refractivity contribution in [2.24, 2.45) is 5.73 Å². The number of hydrogen-bond donors (Lipinski definition) is 1. The molecule has 1 aromatic rings. The average Bonchev–Trinajstić information content (AvgIpc) is 2.34. The Balaban J connectivity index is 2.01. The molecule has 0 saturated carbocycles. The molecule has 18 heavy (non-hydrogen) atoms. The molecule has 1 aliphatic heterocycles. The molecule has 0 amide bonds. The molecule has 1 aromatic carbocycles. The second kappa shape index (κ2) is 5.78. The molecule has 1 aliphatic rings. The zero-order valence-electron chi connectivity index (χ0n) is 11.2. The van der Waals surface area contributed by atoms with Crippen LogP contribution in [-0.4, -0.2) is 43.0 Å². The largest absolute Gasteiger partial charge is 0.324 e. The molecule has 2 rings (SSSR count). The number of hydrogen-bond acceptors (Lipinski definition) is 3. The molecule has 0 unspecified atom stereocenters. The van der Waals surface area contributed by atoms with E-state index in [1.807, 2.05) is 19.1 Å². The van der Waals surface area contributed by atoms with E-state index in [4.69, 9.17) is 5.73 Å². The SMILES string of the molecule is C[C@H](N)c1ccc(CN2CCN(C)CC2)c(F)c1. The second-order valence-electron chi connectivity index (χ2n) is 5.22. The standard InChI is InChI=1S/C14H22FN3/c1-11(16)12-3-4-13(14(15)9-12)10-18-7-5-17(2)6-8-18/h3-4,9,11H,5-8,10,16H2,1-2H3/t11-/m0/s1. The highest BCUT2D eigenvalue weighted by atomic mass is 19.1. The van der Waals surface area contributed by atoms with Crippen molar-refractivity contribution in [2.75, 3.05) is 33.2 Å². The van der Waals surface area contributed by atoms with Crippen LogP contribution in [0.5, 0.6) is 0 Å². The van der Waals surface area contributed by atoms with Crippen LogP contribution in [0.25, 0.3) is 0 Å². The van der Waals surface area contributed by atoms with Crippen molar-refractivity contribution in [1.29, 1.82) is 0 Å². The Morgan fingerprint density at radius 1 is 1.28 bits per heavy atom. The van der Waals surface area contributed by atoms with Gasteiger partial charge in [-0.1, -0.05) is 12.1 Å². The van der Waals surface area contributed by atoms with Gasteiger partial charge in [-0.2, -0.15) is 0 Å². The molecule has 1 saturated heterocycles. The molecule has 0 bridgehead atoms. The van der Waals surface area contributed by atoms with Crippen LogP contribution in [0.3, 0.4) is 0 Å². The van der Waals surface area contributed by atoms with Crippen LogP contribution < -0.4 is 5.73 Å². The van der Waals surface area contributed by atoms with Gasteiger partial charge in [0.1, 0.15) is 5.82 Å². The summed E-state index contributed by atoms with van der Waals surface area (Å²) < 4.78 is 13.9. The van der Waals surface area contributed by atoms with Crippen LogP contribution in [0.4, 0.5) is 4.39 Å². The van der Waals surface area contributed by atoms with Crippen molar-refractivity contribution in [1.82, 2.24) is 9.80 Å². The van der Waals surface area contributed by atoms with Crippen LogP contribution >= 0.6 is 0 Å². The summed E-state index contributed by atoms with van der Waals surface area (Å²) in [5, 5.41) is 0. The van der Waals surface area contributed by atoms with E-state index in [-0.39, 0.29) is 11.9 Å². The smallest absolute Gasteiger partial charge is 0.128 e. The molecule has 0 aromatic heterocycles. The Morgan fingerprint density at radius 2 is 1.94 bits per heavy atom. The summed E-state index contributed by atoms with van der Waals surface area (Å²) in [7, 11) is 2.12. The third-order valence-corrected chi connectivity index (χ3v) is 3.59. The predicted octanol–water partition coefficient (Wildman–Crippen LogP) is 1.59. The summed E-state index contributed by atoms with van der Waals surface area (Å²) in [5.74, 6) is -0.135. The van der Waals surface area contributed by atoms with Gasteiger partial charge in [0.25, 0.3) is 0 Å². The molecule has 100 valence electrons. The predicted molar refractivity (Wildman–Crippen MR) is 71.8 cm³/mol. The number of halogens is 1. The molecule has 0 aliphatic carbocycles. The maximum Gasteiger partial charge on any atom is 0.128 e. The fourth-order valence-corrected chi connectivity index (χ4v) is 2.22. The number of likely N-dealkylation sites (N-methyl/N-ethyl adjacent to an activating group) is 1. The van der Waals surface area contributed by atoms with E-state index < -0.39 is 0 Å². The zero-order chi connectivity index (χ0) is 13.1. The molecule has 0 radical (unpaired) electrons. The molecular formula is C14H22FN3. The monoisotopic (exact) mass is 251 g/mol. The molecule has 4 heteroatoms. The highest BCUT2D eigenvalue weighted by Crippen LogP contribution is 2.17. The summed E-state index contributed by atoms with van der Waals surface area (Å²) in [6.45, 7) is 6.68. The lowest BCUT2D eigenvalue weighted by Gasteiger charge is -2.32. The van der Waals surface area contributed by atoms with Crippen LogP contribution in [0.1, 0.15) is 24.1 Å². The second-order valence-corrected chi connectivity index (χ2v) is 5.22. The maximum atomic E-state index is 13.9. The molecular weight excluding hydrogens is 229 g/mol. The summed E-state index contributed by atoms with van der Waals surface area (Å²) in [4.78, 5) is 4.59. The zero-order valence-corrected chi connectivity index (χ0v) is 11.2. The van der Waals surface area contributed by atoms with Gasteiger partial charge in [-0.05, 0) is 25.6 Å². The van der Waals surface area contributed by atoms with Gasteiger partial charge in [0.05, 0.1) is 0 Å². The lowest BCUT2D eigenvalue weighted by molar-refractivity contribution is 0.147. The highest BCUT2D eigenvalue weighted by molar-refractivity contribution is 5.26. The molecule has 1 heterocycles. The Bertz CT molecular complexity index is 398. The molecule has 0 spiro atoms. The van der Waals surface area contributed by atoms with E-state index in [1.165, 1.54) is 0 Å². The summed E-state index contributed by atoms with van der Waals surface area (Å²) in [6.07, 6.45) is 0. The van der Waals surface area contributed by atoms with E-state index >= 15 is 0 Å². The van der Waals surface area contributed by atoms with Crippen molar-refractivity contribution in [2.45, 2.75) is 19.5 Å². The highest BCUT2D eigenvalue weighted by Gasteiger charge is 2.15. The Kier molecular flexibility index (Phi) is 4.32. The van der Waals surface area contributed by atoms with Crippen LogP contribution in [-0.2, 0) is 6.54 Å². The van der Waals surface area contributed by atoms with Gasteiger partial charge in [-0.25, -0.2) is 4.39 Å². The van der Waals surface area contributed by atoms with Crippen LogP contribution in [0, 0.1) is 5.82 Å². The molecule has 3 nitrogen and oxygen atoms in total. The average molecular weight is 251 g/mol. The molecule has 1 atom stereocenters. The number of nitrogens with two attached hydrogens (primary N) is 1. The van der Waals surface area contributed by atoms with Gasteiger partial charge in [-0.15, -0.1) is 0 Å². The van der Waals surface area contributed by atoms with Crippen molar-refractivity contribution in [3.05, 3.63) is 35.1 Å².